The van der Waals surface area contributed by atoms with Crippen molar-refractivity contribution in [3.05, 3.63) is 82.7 Å². The van der Waals surface area contributed by atoms with E-state index in [2.05, 4.69) is 42.4 Å². The third-order valence-electron chi connectivity index (χ3n) is 5.81. The van der Waals surface area contributed by atoms with Gasteiger partial charge in [-0.3, -0.25) is 9.80 Å². The number of amides is 1. The number of fused-ring (bicyclic) bond motifs is 1. The van der Waals surface area contributed by atoms with E-state index in [-0.39, 0.29) is 35.4 Å². The first-order valence-electron chi connectivity index (χ1n) is 10.3. The molecule has 0 spiro atoms. The van der Waals surface area contributed by atoms with Crippen LogP contribution in [0.2, 0.25) is 0 Å². The molecule has 0 aliphatic carbocycles. The number of piperazine rings is 1. The van der Waals surface area contributed by atoms with Crippen LogP contribution in [-0.2, 0) is 4.79 Å². The monoisotopic (exact) mass is 405 g/mol. The Morgan fingerprint density at radius 2 is 1.77 bits per heavy atom. The molecule has 2 aromatic rings. The number of hydrazone groups is 1. The molecular formula is C24H27N3O3. The van der Waals surface area contributed by atoms with Gasteiger partial charge in [-0.15, -0.1) is 0 Å². The molecule has 6 nitrogen and oxygen atoms in total. The van der Waals surface area contributed by atoms with Crippen LogP contribution in [0.25, 0.3) is 0 Å². The summed E-state index contributed by atoms with van der Waals surface area (Å²) in [5.41, 5.74) is 3.43. The molecule has 4 rings (SSSR count). The summed E-state index contributed by atoms with van der Waals surface area (Å²) in [5, 5.41) is 26.7. The van der Waals surface area contributed by atoms with Crippen molar-refractivity contribution >= 4 is 12.1 Å². The second-order valence-corrected chi connectivity index (χ2v) is 8.21. The molecule has 2 aliphatic heterocycles. The van der Waals surface area contributed by atoms with E-state index in [1.807, 2.05) is 38.1 Å². The van der Waals surface area contributed by atoms with Gasteiger partial charge in [0.25, 0.3) is 5.91 Å². The van der Waals surface area contributed by atoms with Crippen molar-refractivity contribution < 1.29 is 15.0 Å². The summed E-state index contributed by atoms with van der Waals surface area (Å²) >= 11 is 0. The third-order valence-corrected chi connectivity index (χ3v) is 5.81. The molecule has 0 aromatic heterocycles. The minimum atomic E-state index is -1.28. The first-order valence-corrected chi connectivity index (χ1v) is 10.3. The lowest BCUT2D eigenvalue weighted by molar-refractivity contribution is -0.136. The van der Waals surface area contributed by atoms with Crippen molar-refractivity contribution in [3.8, 4) is 0 Å². The van der Waals surface area contributed by atoms with Gasteiger partial charge in [-0.05, 0) is 31.9 Å². The maximum atomic E-state index is 13.1. The summed E-state index contributed by atoms with van der Waals surface area (Å²) in [6.07, 6.45) is 0.00438. The van der Waals surface area contributed by atoms with Crippen molar-refractivity contribution in [2.75, 3.05) is 6.54 Å². The summed E-state index contributed by atoms with van der Waals surface area (Å²) in [6, 6.07) is 18.2. The van der Waals surface area contributed by atoms with Crippen LogP contribution in [-0.4, -0.2) is 57.0 Å². The van der Waals surface area contributed by atoms with Gasteiger partial charge in [-0.2, -0.15) is 5.10 Å². The van der Waals surface area contributed by atoms with Crippen LogP contribution in [0.5, 0.6) is 0 Å². The molecular weight excluding hydrogens is 378 g/mol. The normalized spacial score (nSPS) is 22.5. The number of aryl methyl sites for hydroxylation is 1. The molecule has 3 unspecified atom stereocenters. The van der Waals surface area contributed by atoms with Crippen LogP contribution in [0.3, 0.4) is 0 Å². The maximum Gasteiger partial charge on any atom is 0.276 e. The second kappa shape index (κ2) is 7.95. The Bertz CT molecular complexity index is 1000. The van der Waals surface area contributed by atoms with Gasteiger partial charge < -0.3 is 15.1 Å². The maximum absolute atomic E-state index is 13.1. The lowest BCUT2D eigenvalue weighted by Crippen LogP contribution is -2.58. The number of aliphatic hydroxyl groups is 2. The molecule has 2 aliphatic rings. The molecule has 1 saturated heterocycles. The van der Waals surface area contributed by atoms with Crippen molar-refractivity contribution in [2.24, 2.45) is 5.10 Å². The zero-order valence-electron chi connectivity index (χ0n) is 17.4. The van der Waals surface area contributed by atoms with Gasteiger partial charge in [-0.25, -0.2) is 0 Å². The molecule has 0 saturated carbocycles. The highest BCUT2D eigenvalue weighted by molar-refractivity contribution is 5.96. The van der Waals surface area contributed by atoms with E-state index >= 15 is 0 Å². The Labute approximate surface area is 176 Å². The van der Waals surface area contributed by atoms with Gasteiger partial charge in [0.05, 0.1) is 12.3 Å². The number of nitrogens with zero attached hydrogens (tertiary/aromatic N) is 3. The van der Waals surface area contributed by atoms with Crippen molar-refractivity contribution in [3.63, 3.8) is 0 Å². The van der Waals surface area contributed by atoms with Gasteiger partial charge in [0.2, 0.25) is 0 Å². The summed E-state index contributed by atoms with van der Waals surface area (Å²) in [5.74, 6) is -0.747. The molecule has 1 fully saturated rings. The number of hydrogen-bond acceptors (Lipinski definition) is 5. The van der Waals surface area contributed by atoms with Crippen LogP contribution < -0.4 is 0 Å². The van der Waals surface area contributed by atoms with Crippen molar-refractivity contribution in [1.29, 1.82) is 0 Å². The molecule has 3 atom stereocenters. The predicted octanol–water partition coefficient (Wildman–Crippen LogP) is 3.18. The van der Waals surface area contributed by atoms with Crippen LogP contribution in [0, 0.1) is 6.92 Å². The number of hydrogen-bond donors (Lipinski definition) is 2. The van der Waals surface area contributed by atoms with E-state index in [0.717, 1.165) is 16.7 Å². The van der Waals surface area contributed by atoms with Gasteiger partial charge in [0.15, 0.2) is 11.5 Å². The minimum absolute atomic E-state index is 0.0561. The van der Waals surface area contributed by atoms with E-state index in [4.69, 9.17) is 0 Å². The van der Waals surface area contributed by atoms with E-state index < -0.39 is 6.10 Å². The lowest BCUT2D eigenvalue weighted by Gasteiger charge is -2.46. The van der Waals surface area contributed by atoms with Crippen LogP contribution >= 0.6 is 0 Å². The first kappa shape index (κ1) is 20.2. The molecule has 156 valence electrons. The van der Waals surface area contributed by atoms with E-state index in [1.165, 1.54) is 6.21 Å². The quantitative estimate of drug-likeness (QED) is 0.819. The average molecular weight is 405 g/mol. The SMILES string of the molecule is Cc1cccc(C(c2ccccc2)C2CN(C(C)C)C(=O)C3=C(O)C(O)C=NN32)c1. The van der Waals surface area contributed by atoms with Crippen LogP contribution in [0.4, 0.5) is 0 Å². The van der Waals surface area contributed by atoms with E-state index in [1.54, 1.807) is 9.91 Å². The number of carbonyl (C=O) groups is 1. The second-order valence-electron chi connectivity index (χ2n) is 8.21. The summed E-state index contributed by atoms with van der Waals surface area (Å²) in [6.45, 7) is 6.42. The van der Waals surface area contributed by atoms with Crippen molar-refractivity contribution in [2.45, 2.75) is 44.9 Å². The van der Waals surface area contributed by atoms with Gasteiger partial charge in [0.1, 0.15) is 6.10 Å². The van der Waals surface area contributed by atoms with Gasteiger partial charge in [0, 0.05) is 18.5 Å². The smallest absolute Gasteiger partial charge is 0.276 e. The zero-order valence-corrected chi connectivity index (χ0v) is 17.4. The molecule has 6 heteroatoms. The largest absolute Gasteiger partial charge is 0.507 e. The Kier molecular flexibility index (Phi) is 5.35. The van der Waals surface area contributed by atoms with Crippen LogP contribution in [0.15, 0.2) is 71.2 Å². The Hall–Kier alpha value is -3.12. The lowest BCUT2D eigenvalue weighted by atomic mass is 9.82. The third kappa shape index (κ3) is 3.48. The van der Waals surface area contributed by atoms with Gasteiger partial charge >= 0.3 is 0 Å². The fraction of sp³-hybridized carbons (Fsp3) is 0.333. The number of benzene rings is 2. The van der Waals surface area contributed by atoms with Gasteiger partial charge in [-0.1, -0.05) is 60.2 Å². The summed E-state index contributed by atoms with van der Waals surface area (Å²) in [4.78, 5) is 14.9. The molecule has 30 heavy (non-hydrogen) atoms. The number of rotatable bonds is 4. The Morgan fingerprint density at radius 1 is 1.07 bits per heavy atom. The molecule has 1 amide bonds. The standard InChI is InChI=1S/C24H27N3O3/c1-15(2)26-14-19(27-22(24(26)30)23(29)20(28)13-25-27)21(17-9-5-4-6-10-17)18-11-7-8-16(3)12-18/h4-13,15,19-21,28-29H,14H2,1-3H3. The zero-order chi connectivity index (χ0) is 21.4. The fourth-order valence-electron chi connectivity index (χ4n) is 4.33. The summed E-state index contributed by atoms with van der Waals surface area (Å²) < 4.78 is 0. The average Bonchev–Trinajstić information content (AvgIpc) is 2.73. The van der Waals surface area contributed by atoms with Crippen molar-refractivity contribution in [1.82, 2.24) is 9.91 Å². The van der Waals surface area contributed by atoms with E-state index in [9.17, 15) is 15.0 Å². The highest BCUT2D eigenvalue weighted by Crippen LogP contribution is 2.38. The highest BCUT2D eigenvalue weighted by atomic mass is 16.3. The number of aliphatic hydroxyl groups excluding tert-OH is 2. The Morgan fingerprint density at radius 3 is 2.43 bits per heavy atom. The highest BCUT2D eigenvalue weighted by Gasteiger charge is 2.45. The molecule has 2 heterocycles. The molecule has 0 bridgehead atoms. The summed E-state index contributed by atoms with van der Waals surface area (Å²) in [7, 11) is 0. The number of carbonyl (C=O) groups excluding carboxylic acids is 1. The fourth-order valence-corrected chi connectivity index (χ4v) is 4.33. The predicted molar refractivity (Wildman–Crippen MR) is 116 cm³/mol. The molecule has 2 N–H and O–H groups in total. The molecule has 0 radical (unpaired) electrons. The topological polar surface area (TPSA) is 76.4 Å². The first-order chi connectivity index (χ1) is 14.4. The van der Waals surface area contributed by atoms with Crippen LogP contribution in [0.1, 0.15) is 36.5 Å². The van der Waals surface area contributed by atoms with E-state index in [0.29, 0.717) is 6.54 Å². The minimum Gasteiger partial charge on any atom is -0.507 e. The Balaban J connectivity index is 1.89. The molecule has 2 aromatic carbocycles.